The molecule has 0 radical (unpaired) electrons. The first-order chi connectivity index (χ1) is 7.92. The van der Waals surface area contributed by atoms with Crippen molar-refractivity contribution in [1.29, 1.82) is 0 Å². The Morgan fingerprint density at radius 3 is 2.65 bits per heavy atom. The van der Waals surface area contributed by atoms with Crippen LogP contribution in [0, 0.1) is 6.92 Å². The van der Waals surface area contributed by atoms with Crippen LogP contribution < -0.4 is 10.5 Å². The van der Waals surface area contributed by atoms with Crippen LogP contribution >= 0.6 is 0 Å². The summed E-state index contributed by atoms with van der Waals surface area (Å²) >= 11 is 0. The number of ether oxygens (including phenoxy) is 1. The summed E-state index contributed by atoms with van der Waals surface area (Å²) in [5.74, 6) is 0. The van der Waals surface area contributed by atoms with Crippen molar-refractivity contribution in [2.24, 2.45) is 5.73 Å². The predicted molar refractivity (Wildman–Crippen MR) is 55.4 cm³/mol. The molecule has 0 spiro atoms. The van der Waals surface area contributed by atoms with E-state index in [2.05, 4.69) is 9.97 Å². The summed E-state index contributed by atoms with van der Waals surface area (Å²) in [6, 6.07) is 0.0851. The van der Waals surface area contributed by atoms with Crippen LogP contribution in [0.25, 0.3) is 0 Å². The van der Waals surface area contributed by atoms with Gasteiger partial charge in [0.1, 0.15) is 0 Å². The van der Waals surface area contributed by atoms with Crippen LogP contribution in [0.15, 0.2) is 6.20 Å². The Bertz CT molecular complexity index is 368. The second-order valence-electron chi connectivity index (χ2n) is 3.53. The highest BCUT2D eigenvalue weighted by Gasteiger charge is 2.26. The molecule has 1 aromatic rings. The summed E-state index contributed by atoms with van der Waals surface area (Å²) < 4.78 is 40.5. The molecule has 2 N–H and O–H groups in total. The van der Waals surface area contributed by atoms with Crippen molar-refractivity contribution in [3.63, 3.8) is 0 Å². The second kappa shape index (κ2) is 5.81. The Labute approximate surface area is 97.0 Å². The van der Waals surface area contributed by atoms with Gasteiger partial charge in [0.05, 0.1) is 6.61 Å². The molecule has 0 fully saturated rings. The number of nitrogens with zero attached hydrogens (tertiary/aromatic N) is 2. The van der Waals surface area contributed by atoms with Gasteiger partial charge in [0.15, 0.2) is 0 Å². The first kappa shape index (κ1) is 13.7. The van der Waals surface area contributed by atoms with Crippen molar-refractivity contribution >= 4 is 0 Å². The summed E-state index contributed by atoms with van der Waals surface area (Å²) in [5.41, 5.74) is 6.88. The second-order valence-corrected chi connectivity index (χ2v) is 3.53. The monoisotopic (exact) mass is 249 g/mol. The summed E-state index contributed by atoms with van der Waals surface area (Å²) in [6.07, 6.45) is -3.61. The number of alkyl halides is 3. The fourth-order valence-electron chi connectivity index (χ4n) is 1.18. The molecule has 0 aliphatic rings. The van der Waals surface area contributed by atoms with Crippen LogP contribution in [0.5, 0.6) is 6.01 Å². The molecular weight excluding hydrogens is 235 g/mol. The molecule has 0 aliphatic heterocycles. The molecule has 0 saturated carbocycles. The number of rotatable bonds is 5. The molecule has 96 valence electrons. The Balaban J connectivity index is 2.40. The van der Waals surface area contributed by atoms with E-state index in [1.54, 1.807) is 6.92 Å². The van der Waals surface area contributed by atoms with E-state index in [-0.39, 0.29) is 19.0 Å². The van der Waals surface area contributed by atoms with E-state index >= 15 is 0 Å². The Morgan fingerprint density at radius 1 is 1.41 bits per heavy atom. The highest BCUT2D eigenvalue weighted by atomic mass is 19.4. The zero-order valence-corrected chi connectivity index (χ0v) is 9.42. The Kier molecular flexibility index (Phi) is 4.68. The van der Waals surface area contributed by atoms with Crippen molar-refractivity contribution < 1.29 is 17.9 Å². The molecule has 0 aliphatic carbocycles. The van der Waals surface area contributed by atoms with Crippen molar-refractivity contribution in [2.45, 2.75) is 32.5 Å². The lowest BCUT2D eigenvalue weighted by atomic mass is 10.2. The quantitative estimate of drug-likeness (QED) is 0.810. The van der Waals surface area contributed by atoms with Crippen LogP contribution in [0.3, 0.4) is 0 Å². The van der Waals surface area contributed by atoms with Gasteiger partial charge in [-0.25, -0.2) is 9.97 Å². The van der Waals surface area contributed by atoms with E-state index in [1.807, 2.05) is 0 Å². The topological polar surface area (TPSA) is 61.0 Å². The first-order valence-corrected chi connectivity index (χ1v) is 5.14. The third-order valence-corrected chi connectivity index (χ3v) is 2.11. The average Bonchev–Trinajstić information content (AvgIpc) is 2.23. The Hall–Kier alpha value is -1.37. The lowest BCUT2D eigenvalue weighted by molar-refractivity contribution is -0.136. The van der Waals surface area contributed by atoms with Crippen LogP contribution in [0.4, 0.5) is 13.2 Å². The van der Waals surface area contributed by atoms with Gasteiger partial charge in [-0.3, -0.25) is 0 Å². The third-order valence-electron chi connectivity index (χ3n) is 2.11. The van der Waals surface area contributed by atoms with Gasteiger partial charge in [-0.2, -0.15) is 13.2 Å². The number of halogens is 3. The molecule has 0 saturated heterocycles. The van der Waals surface area contributed by atoms with E-state index in [4.69, 9.17) is 10.5 Å². The molecule has 17 heavy (non-hydrogen) atoms. The molecular formula is C10H14F3N3O. The smallest absolute Gasteiger partial charge is 0.389 e. The maximum Gasteiger partial charge on any atom is 0.389 e. The van der Waals surface area contributed by atoms with E-state index in [1.165, 1.54) is 6.20 Å². The SMILES string of the molecule is Cc1nc(OCCCC(F)(F)F)ncc1CN. The van der Waals surface area contributed by atoms with Gasteiger partial charge in [0.25, 0.3) is 0 Å². The molecule has 0 aromatic carbocycles. The average molecular weight is 249 g/mol. The summed E-state index contributed by atoms with van der Waals surface area (Å²) in [6.45, 7) is 2.01. The molecule has 1 aromatic heterocycles. The number of aryl methyl sites for hydroxylation is 1. The zero-order chi connectivity index (χ0) is 12.9. The third kappa shape index (κ3) is 4.99. The number of hydrogen-bond acceptors (Lipinski definition) is 4. The predicted octanol–water partition coefficient (Wildman–Crippen LogP) is 1.97. The molecule has 4 nitrogen and oxygen atoms in total. The minimum absolute atomic E-state index is 0.0546. The minimum atomic E-state index is -4.15. The molecule has 1 rings (SSSR count). The van der Waals surface area contributed by atoms with Gasteiger partial charge in [0.2, 0.25) is 0 Å². The molecule has 1 heterocycles. The maximum absolute atomic E-state index is 11.8. The number of aromatic nitrogens is 2. The van der Waals surface area contributed by atoms with Crippen molar-refractivity contribution in [3.05, 3.63) is 17.5 Å². The number of nitrogens with two attached hydrogens (primary N) is 1. The maximum atomic E-state index is 11.8. The zero-order valence-electron chi connectivity index (χ0n) is 9.42. The molecule has 7 heteroatoms. The fourth-order valence-corrected chi connectivity index (χ4v) is 1.18. The van der Waals surface area contributed by atoms with Crippen molar-refractivity contribution in [1.82, 2.24) is 9.97 Å². The molecule has 0 bridgehead atoms. The van der Waals surface area contributed by atoms with E-state index < -0.39 is 12.6 Å². The van der Waals surface area contributed by atoms with Gasteiger partial charge in [-0.05, 0) is 13.3 Å². The van der Waals surface area contributed by atoms with Crippen LogP contribution in [0.1, 0.15) is 24.1 Å². The van der Waals surface area contributed by atoms with Gasteiger partial charge >= 0.3 is 12.2 Å². The van der Waals surface area contributed by atoms with Crippen molar-refractivity contribution in [3.8, 4) is 6.01 Å². The van der Waals surface area contributed by atoms with E-state index in [9.17, 15) is 13.2 Å². The fraction of sp³-hybridized carbons (Fsp3) is 0.600. The standard InChI is InChI=1S/C10H14F3N3O/c1-7-8(5-14)6-15-9(16-7)17-4-2-3-10(11,12)13/h6H,2-5,14H2,1H3. The normalized spacial score (nSPS) is 11.6. The summed E-state index contributed by atoms with van der Waals surface area (Å²) in [5, 5.41) is 0. The Morgan fingerprint density at radius 2 is 2.12 bits per heavy atom. The largest absolute Gasteiger partial charge is 0.463 e. The van der Waals surface area contributed by atoms with Crippen LogP contribution in [-0.2, 0) is 6.54 Å². The van der Waals surface area contributed by atoms with Gasteiger partial charge in [0, 0.05) is 30.4 Å². The van der Waals surface area contributed by atoms with Gasteiger partial charge in [-0.1, -0.05) is 0 Å². The highest BCUT2D eigenvalue weighted by Crippen LogP contribution is 2.21. The molecule has 0 unspecified atom stereocenters. The van der Waals surface area contributed by atoms with Crippen molar-refractivity contribution in [2.75, 3.05) is 6.61 Å². The molecule has 0 atom stereocenters. The molecule has 0 amide bonds. The lowest BCUT2D eigenvalue weighted by Gasteiger charge is -2.08. The van der Waals surface area contributed by atoms with E-state index in [0.29, 0.717) is 12.2 Å². The summed E-state index contributed by atoms with van der Waals surface area (Å²) in [4.78, 5) is 7.83. The van der Waals surface area contributed by atoms with Crippen LogP contribution in [0.2, 0.25) is 0 Å². The lowest BCUT2D eigenvalue weighted by Crippen LogP contribution is -2.11. The highest BCUT2D eigenvalue weighted by molar-refractivity contribution is 5.17. The van der Waals surface area contributed by atoms with Crippen LogP contribution in [-0.4, -0.2) is 22.8 Å². The number of hydrogen-bond donors (Lipinski definition) is 1. The van der Waals surface area contributed by atoms with Gasteiger partial charge in [-0.15, -0.1) is 0 Å². The first-order valence-electron chi connectivity index (χ1n) is 5.14. The summed E-state index contributed by atoms with van der Waals surface area (Å²) in [7, 11) is 0. The van der Waals surface area contributed by atoms with Gasteiger partial charge < -0.3 is 10.5 Å². The van der Waals surface area contributed by atoms with E-state index in [0.717, 1.165) is 5.56 Å². The minimum Gasteiger partial charge on any atom is -0.463 e.